The van der Waals surface area contributed by atoms with Crippen LogP contribution in [0, 0.1) is 0 Å². The van der Waals surface area contributed by atoms with Gasteiger partial charge in [0.1, 0.15) is 10.8 Å². The molecule has 0 bridgehead atoms. The largest absolute Gasteiger partial charge is 0.450 e. The van der Waals surface area contributed by atoms with Crippen LogP contribution >= 0.6 is 22.9 Å². The van der Waals surface area contributed by atoms with Gasteiger partial charge in [-0.3, -0.25) is 0 Å². The molecule has 0 radical (unpaired) electrons. The van der Waals surface area contributed by atoms with Crippen LogP contribution in [0.15, 0.2) is 54.0 Å². The van der Waals surface area contributed by atoms with Crippen LogP contribution in [0.3, 0.4) is 0 Å². The highest BCUT2D eigenvalue weighted by Gasteiger charge is 2.31. The Morgan fingerprint density at radius 2 is 1.85 bits per heavy atom. The lowest BCUT2D eigenvalue weighted by molar-refractivity contribution is 0.0802. The van der Waals surface area contributed by atoms with E-state index in [1.165, 1.54) is 5.56 Å². The molecular formula is C30H33ClN4O3S. The predicted octanol–water partition coefficient (Wildman–Crippen LogP) is 7.01. The van der Waals surface area contributed by atoms with Crippen LogP contribution in [0.25, 0.3) is 11.0 Å². The first-order valence-electron chi connectivity index (χ1n) is 13.8. The third-order valence-corrected chi connectivity index (χ3v) is 9.01. The summed E-state index contributed by atoms with van der Waals surface area (Å²) in [5.74, 6) is 1.52. The summed E-state index contributed by atoms with van der Waals surface area (Å²) >= 11 is 7.90. The zero-order chi connectivity index (χ0) is 26.8. The number of fused-ring (bicyclic) bond motifs is 1. The van der Waals surface area contributed by atoms with Crippen LogP contribution in [0.5, 0.6) is 0 Å². The zero-order valence-electron chi connectivity index (χ0n) is 22.1. The number of hydrogen-bond acceptors (Lipinski definition) is 6. The van der Waals surface area contributed by atoms with Crippen molar-refractivity contribution >= 4 is 40.1 Å². The topological polar surface area (TPSA) is 69.5 Å². The summed E-state index contributed by atoms with van der Waals surface area (Å²) in [6.07, 6.45) is 5.35. The number of hydrogen-bond donors (Lipinski definition) is 0. The van der Waals surface area contributed by atoms with Gasteiger partial charge in [-0.1, -0.05) is 29.8 Å². The van der Waals surface area contributed by atoms with Crippen LogP contribution in [0.1, 0.15) is 72.4 Å². The molecule has 2 saturated heterocycles. The van der Waals surface area contributed by atoms with Gasteiger partial charge in [0, 0.05) is 54.9 Å². The van der Waals surface area contributed by atoms with Crippen molar-refractivity contribution in [1.29, 1.82) is 0 Å². The molecule has 0 N–H and O–H groups in total. The van der Waals surface area contributed by atoms with Gasteiger partial charge >= 0.3 is 6.09 Å². The SMILES string of the molecule is CCOC(=O)N1CCC(n2c(C3CCOCC3)nc3ccc(C(c4ccc(Cl)cc4)c4nccs4)cc32)CC1. The maximum Gasteiger partial charge on any atom is 0.409 e. The highest BCUT2D eigenvalue weighted by Crippen LogP contribution is 2.39. The molecule has 2 aliphatic heterocycles. The van der Waals surface area contributed by atoms with E-state index in [2.05, 4.69) is 34.9 Å². The molecule has 9 heteroatoms. The van der Waals surface area contributed by atoms with E-state index in [1.54, 1.807) is 11.3 Å². The number of ether oxygens (including phenoxy) is 2. The van der Waals surface area contributed by atoms with Crippen molar-refractivity contribution in [2.24, 2.45) is 0 Å². The lowest BCUT2D eigenvalue weighted by Gasteiger charge is -2.34. The Labute approximate surface area is 237 Å². The maximum atomic E-state index is 12.4. The molecule has 2 aliphatic rings. The summed E-state index contributed by atoms with van der Waals surface area (Å²) in [4.78, 5) is 24.1. The lowest BCUT2D eigenvalue weighted by Crippen LogP contribution is -2.39. The minimum Gasteiger partial charge on any atom is -0.450 e. The molecule has 39 heavy (non-hydrogen) atoms. The van der Waals surface area contributed by atoms with Crippen molar-refractivity contribution in [2.45, 2.75) is 50.5 Å². The molecular weight excluding hydrogens is 532 g/mol. The van der Waals surface area contributed by atoms with Gasteiger partial charge in [-0.2, -0.15) is 0 Å². The number of carbonyl (C=O) groups excluding carboxylic acids is 1. The molecule has 4 aromatic rings. The molecule has 4 heterocycles. The summed E-state index contributed by atoms with van der Waals surface area (Å²) in [6, 6.07) is 15.0. The van der Waals surface area contributed by atoms with Crippen LogP contribution in [0.4, 0.5) is 4.79 Å². The standard InChI is InChI=1S/C30H33ClN4O3S/c1-2-38-30(36)34-14-9-24(10-15-34)35-26-19-22(5-8-25(26)33-28(35)21-11-16-37-17-12-21)27(29-32-13-18-39-29)20-3-6-23(31)7-4-20/h3-8,13,18-19,21,24,27H,2,9-12,14-17H2,1H3. The normalized spacial score (nSPS) is 17.9. The number of benzene rings is 2. The summed E-state index contributed by atoms with van der Waals surface area (Å²) in [5, 5.41) is 3.80. The Kier molecular flexibility index (Phi) is 7.86. The number of rotatable bonds is 6. The number of amides is 1. The van der Waals surface area contributed by atoms with Gasteiger partial charge in [0.2, 0.25) is 0 Å². The van der Waals surface area contributed by atoms with Crippen LogP contribution in [0.2, 0.25) is 5.02 Å². The number of aromatic nitrogens is 3. The first kappa shape index (κ1) is 26.3. The molecule has 0 saturated carbocycles. The summed E-state index contributed by atoms with van der Waals surface area (Å²) in [7, 11) is 0. The summed E-state index contributed by atoms with van der Waals surface area (Å²) < 4.78 is 13.4. The van der Waals surface area contributed by atoms with Crippen LogP contribution in [-0.4, -0.2) is 58.4 Å². The van der Waals surface area contributed by atoms with Gasteiger partial charge < -0.3 is 18.9 Å². The van der Waals surface area contributed by atoms with Crippen molar-refractivity contribution in [1.82, 2.24) is 19.4 Å². The fourth-order valence-electron chi connectivity index (χ4n) is 5.97. The van der Waals surface area contributed by atoms with Crippen molar-refractivity contribution in [3.63, 3.8) is 0 Å². The van der Waals surface area contributed by atoms with E-state index < -0.39 is 0 Å². The van der Waals surface area contributed by atoms with Gasteiger partial charge in [-0.15, -0.1) is 11.3 Å². The number of imidazole rings is 1. The maximum absolute atomic E-state index is 12.4. The highest BCUT2D eigenvalue weighted by atomic mass is 35.5. The highest BCUT2D eigenvalue weighted by molar-refractivity contribution is 7.09. The van der Waals surface area contributed by atoms with Gasteiger partial charge in [0.25, 0.3) is 0 Å². The van der Waals surface area contributed by atoms with E-state index in [-0.39, 0.29) is 18.1 Å². The molecule has 2 fully saturated rings. The van der Waals surface area contributed by atoms with E-state index in [0.717, 1.165) is 71.3 Å². The van der Waals surface area contributed by atoms with Crippen molar-refractivity contribution in [2.75, 3.05) is 32.9 Å². The minimum atomic E-state index is -0.215. The first-order valence-corrected chi connectivity index (χ1v) is 15.0. The van der Waals surface area contributed by atoms with E-state index >= 15 is 0 Å². The average Bonchev–Trinajstić information content (AvgIpc) is 3.63. The molecule has 6 rings (SSSR count). The van der Waals surface area contributed by atoms with E-state index in [4.69, 9.17) is 31.0 Å². The fraction of sp³-hybridized carbons (Fsp3) is 0.433. The minimum absolute atomic E-state index is 0.00667. The average molecular weight is 565 g/mol. The van der Waals surface area contributed by atoms with E-state index in [9.17, 15) is 4.79 Å². The third-order valence-electron chi connectivity index (χ3n) is 7.92. The van der Waals surface area contributed by atoms with Crippen molar-refractivity contribution in [3.8, 4) is 0 Å². The molecule has 204 valence electrons. The molecule has 1 atom stereocenters. The predicted molar refractivity (Wildman–Crippen MR) is 154 cm³/mol. The van der Waals surface area contributed by atoms with Gasteiger partial charge in [-0.05, 0) is 68.0 Å². The van der Waals surface area contributed by atoms with Crippen molar-refractivity contribution in [3.05, 3.63) is 81.0 Å². The van der Waals surface area contributed by atoms with E-state index in [0.29, 0.717) is 25.6 Å². The first-order chi connectivity index (χ1) is 19.1. The van der Waals surface area contributed by atoms with Crippen molar-refractivity contribution < 1.29 is 14.3 Å². The number of likely N-dealkylation sites (tertiary alicyclic amines) is 1. The lowest BCUT2D eigenvalue weighted by atomic mass is 9.91. The molecule has 2 aromatic heterocycles. The molecule has 2 aromatic carbocycles. The number of thiazole rings is 1. The number of carbonyl (C=O) groups is 1. The van der Waals surface area contributed by atoms with Crippen LogP contribution < -0.4 is 0 Å². The summed E-state index contributed by atoms with van der Waals surface area (Å²) in [6.45, 7) is 5.15. The van der Waals surface area contributed by atoms with Gasteiger partial charge in [0.05, 0.1) is 23.6 Å². The fourth-order valence-corrected chi connectivity index (χ4v) is 6.88. The molecule has 1 unspecified atom stereocenters. The Bertz CT molecular complexity index is 1410. The monoisotopic (exact) mass is 564 g/mol. The van der Waals surface area contributed by atoms with Gasteiger partial charge in [0.15, 0.2) is 0 Å². The van der Waals surface area contributed by atoms with Crippen LogP contribution in [-0.2, 0) is 9.47 Å². The second kappa shape index (κ2) is 11.7. The molecule has 0 aliphatic carbocycles. The number of halogens is 1. The zero-order valence-corrected chi connectivity index (χ0v) is 23.7. The molecule has 0 spiro atoms. The molecule has 7 nitrogen and oxygen atoms in total. The second-order valence-corrected chi connectivity index (χ2v) is 11.6. The Balaban J connectivity index is 1.42. The Morgan fingerprint density at radius 1 is 1.10 bits per heavy atom. The second-order valence-electron chi connectivity index (χ2n) is 10.2. The van der Waals surface area contributed by atoms with Gasteiger partial charge in [-0.25, -0.2) is 14.8 Å². The Morgan fingerprint density at radius 3 is 2.54 bits per heavy atom. The summed E-state index contributed by atoms with van der Waals surface area (Å²) in [5.41, 5.74) is 4.51. The Hall–Kier alpha value is -2.94. The quantitative estimate of drug-likeness (QED) is 0.252. The number of nitrogens with zero attached hydrogens (tertiary/aromatic N) is 4. The molecule has 1 amide bonds. The number of piperidine rings is 1. The van der Waals surface area contributed by atoms with E-state index in [1.807, 2.05) is 35.5 Å². The third kappa shape index (κ3) is 5.42. The smallest absolute Gasteiger partial charge is 0.409 e.